The van der Waals surface area contributed by atoms with Gasteiger partial charge in [0.15, 0.2) is 0 Å². The Bertz CT molecular complexity index is 1120. The van der Waals surface area contributed by atoms with Crippen LogP contribution in [0.5, 0.6) is 0 Å². The quantitative estimate of drug-likeness (QED) is 0.720. The molecule has 2 aromatic carbocycles. The van der Waals surface area contributed by atoms with Crippen molar-refractivity contribution in [1.82, 2.24) is 4.98 Å². The Balaban J connectivity index is 2.08. The van der Waals surface area contributed by atoms with Gasteiger partial charge in [0.1, 0.15) is 5.82 Å². The number of aromatic nitrogens is 1. The summed E-state index contributed by atoms with van der Waals surface area (Å²) in [6.07, 6.45) is 0.925. The van der Waals surface area contributed by atoms with Crippen molar-refractivity contribution >= 4 is 10.9 Å². The summed E-state index contributed by atoms with van der Waals surface area (Å²) in [5, 5.41) is 10.8. The Kier molecular flexibility index (Phi) is 4.89. The highest BCUT2D eigenvalue weighted by atomic mass is 19.1. The average molecular weight is 362 g/mol. The van der Waals surface area contributed by atoms with E-state index in [1.807, 2.05) is 44.2 Å². The number of pyridine rings is 1. The van der Waals surface area contributed by atoms with Crippen molar-refractivity contribution in [2.24, 2.45) is 0 Å². The number of H-pyrrole nitrogens is 1. The van der Waals surface area contributed by atoms with Gasteiger partial charge in [-0.15, -0.1) is 0 Å². The lowest BCUT2D eigenvalue weighted by atomic mass is 9.78. The molecule has 0 aliphatic carbocycles. The molecule has 1 heterocycles. The summed E-state index contributed by atoms with van der Waals surface area (Å²) in [4.78, 5) is 15.0. The van der Waals surface area contributed by atoms with Gasteiger partial charge in [0.25, 0.3) is 5.56 Å². The zero-order valence-corrected chi connectivity index (χ0v) is 16.1. The third-order valence-electron chi connectivity index (χ3n) is 5.47. The minimum atomic E-state index is -0.906. The molecule has 3 aromatic rings. The van der Waals surface area contributed by atoms with Crippen molar-refractivity contribution in [3.05, 3.63) is 80.4 Å². The standard InChI is InChI=1S/C23H23FN2O/c1-5-16-10-17-8-9-19(11-20(17)26-22(16)27)23(4,13-25)12-18-7-6-14(2)15(3)21(18)24/h6-11H,5,12H2,1-4H3,(H,26,27). The number of hydrogen-bond acceptors (Lipinski definition) is 2. The number of aryl methyl sites for hydroxylation is 2. The number of nitriles is 1. The first kappa shape index (κ1) is 18.8. The molecule has 3 rings (SSSR count). The number of nitrogens with zero attached hydrogens (tertiary/aromatic N) is 1. The fraction of sp³-hybridized carbons (Fsp3) is 0.304. The number of fused-ring (bicyclic) bond motifs is 1. The summed E-state index contributed by atoms with van der Waals surface area (Å²) in [5.41, 5.74) is 3.20. The molecule has 0 fully saturated rings. The van der Waals surface area contributed by atoms with Gasteiger partial charge in [0.2, 0.25) is 0 Å². The fourth-order valence-electron chi connectivity index (χ4n) is 3.41. The molecular weight excluding hydrogens is 339 g/mol. The monoisotopic (exact) mass is 362 g/mol. The largest absolute Gasteiger partial charge is 0.322 e. The van der Waals surface area contributed by atoms with Crippen LogP contribution >= 0.6 is 0 Å². The number of nitrogens with one attached hydrogen (secondary N) is 1. The molecule has 0 saturated carbocycles. The molecule has 0 aliphatic heterocycles. The minimum Gasteiger partial charge on any atom is -0.322 e. The first-order valence-corrected chi connectivity index (χ1v) is 9.11. The van der Waals surface area contributed by atoms with Crippen molar-refractivity contribution < 1.29 is 4.39 Å². The number of benzene rings is 2. The number of halogens is 1. The Hall–Kier alpha value is -2.93. The van der Waals surface area contributed by atoms with Crippen LogP contribution in [-0.4, -0.2) is 4.98 Å². The lowest BCUT2D eigenvalue weighted by Gasteiger charge is -2.23. The van der Waals surface area contributed by atoms with E-state index in [-0.39, 0.29) is 17.8 Å². The molecule has 138 valence electrons. The van der Waals surface area contributed by atoms with Gasteiger partial charge in [-0.2, -0.15) is 5.26 Å². The van der Waals surface area contributed by atoms with E-state index in [4.69, 9.17) is 0 Å². The van der Waals surface area contributed by atoms with Gasteiger partial charge in [-0.25, -0.2) is 4.39 Å². The Morgan fingerprint density at radius 3 is 2.56 bits per heavy atom. The zero-order valence-electron chi connectivity index (χ0n) is 16.1. The molecule has 0 amide bonds. The van der Waals surface area contributed by atoms with Crippen LogP contribution in [0.3, 0.4) is 0 Å². The number of hydrogen-bond donors (Lipinski definition) is 1. The van der Waals surface area contributed by atoms with Gasteiger partial charge in [0.05, 0.1) is 11.5 Å². The lowest BCUT2D eigenvalue weighted by molar-refractivity contribution is 0.552. The van der Waals surface area contributed by atoms with Crippen molar-refractivity contribution in [2.45, 2.75) is 46.0 Å². The highest BCUT2D eigenvalue weighted by Crippen LogP contribution is 2.31. The average Bonchev–Trinajstić information content (AvgIpc) is 2.67. The maximum absolute atomic E-state index is 14.7. The van der Waals surface area contributed by atoms with E-state index in [0.717, 1.165) is 22.1 Å². The Labute approximate surface area is 158 Å². The van der Waals surface area contributed by atoms with E-state index >= 15 is 0 Å². The predicted molar refractivity (Wildman–Crippen MR) is 106 cm³/mol. The van der Waals surface area contributed by atoms with Gasteiger partial charge in [-0.05, 0) is 73.4 Å². The third kappa shape index (κ3) is 3.38. The smallest absolute Gasteiger partial charge is 0.251 e. The third-order valence-corrected chi connectivity index (χ3v) is 5.47. The molecule has 0 aliphatic rings. The SMILES string of the molecule is CCc1cc2ccc(C(C)(C#N)Cc3ccc(C)c(C)c3F)cc2[nH]c1=O. The molecule has 0 saturated heterocycles. The van der Waals surface area contributed by atoms with Crippen LogP contribution in [0, 0.1) is 31.0 Å². The maximum Gasteiger partial charge on any atom is 0.251 e. The molecule has 27 heavy (non-hydrogen) atoms. The molecule has 1 unspecified atom stereocenters. The fourth-order valence-corrected chi connectivity index (χ4v) is 3.41. The second-order valence-electron chi connectivity index (χ2n) is 7.38. The van der Waals surface area contributed by atoms with E-state index < -0.39 is 5.41 Å². The summed E-state index contributed by atoms with van der Waals surface area (Å²) >= 11 is 0. The van der Waals surface area contributed by atoms with Gasteiger partial charge < -0.3 is 4.98 Å². The summed E-state index contributed by atoms with van der Waals surface area (Å²) in [6, 6.07) is 13.5. The van der Waals surface area contributed by atoms with Crippen LogP contribution in [0.1, 0.15) is 41.7 Å². The van der Waals surface area contributed by atoms with Crippen molar-refractivity contribution in [2.75, 3.05) is 0 Å². The van der Waals surface area contributed by atoms with Crippen molar-refractivity contribution in [3.63, 3.8) is 0 Å². The first-order chi connectivity index (χ1) is 12.8. The van der Waals surface area contributed by atoms with E-state index in [0.29, 0.717) is 23.1 Å². The Morgan fingerprint density at radius 2 is 1.89 bits per heavy atom. The molecule has 4 heteroatoms. The van der Waals surface area contributed by atoms with Crippen LogP contribution in [0.2, 0.25) is 0 Å². The van der Waals surface area contributed by atoms with Crippen molar-refractivity contribution in [3.8, 4) is 6.07 Å². The van der Waals surface area contributed by atoms with Crippen molar-refractivity contribution in [1.29, 1.82) is 5.26 Å². The molecule has 0 bridgehead atoms. The molecule has 0 radical (unpaired) electrons. The van der Waals surface area contributed by atoms with Crippen LogP contribution < -0.4 is 5.56 Å². The summed E-state index contributed by atoms with van der Waals surface area (Å²) in [5.74, 6) is -0.252. The van der Waals surface area contributed by atoms with Crippen LogP contribution in [-0.2, 0) is 18.3 Å². The molecular formula is C23H23FN2O. The molecule has 0 spiro atoms. The normalized spacial score (nSPS) is 13.3. The number of rotatable bonds is 4. The molecule has 1 N–H and O–H groups in total. The minimum absolute atomic E-state index is 0.110. The van der Waals surface area contributed by atoms with Gasteiger partial charge >= 0.3 is 0 Å². The zero-order chi connectivity index (χ0) is 19.8. The van der Waals surface area contributed by atoms with Crippen LogP contribution in [0.25, 0.3) is 10.9 Å². The maximum atomic E-state index is 14.7. The molecule has 1 aromatic heterocycles. The second kappa shape index (κ2) is 7.00. The van der Waals surface area contributed by atoms with E-state index in [9.17, 15) is 14.4 Å². The highest BCUT2D eigenvalue weighted by molar-refractivity contribution is 5.80. The first-order valence-electron chi connectivity index (χ1n) is 9.11. The lowest BCUT2D eigenvalue weighted by Crippen LogP contribution is -2.24. The molecule has 3 nitrogen and oxygen atoms in total. The summed E-state index contributed by atoms with van der Waals surface area (Å²) in [6.45, 7) is 7.37. The summed E-state index contributed by atoms with van der Waals surface area (Å²) in [7, 11) is 0. The summed E-state index contributed by atoms with van der Waals surface area (Å²) < 4.78 is 14.7. The van der Waals surface area contributed by atoms with Gasteiger partial charge in [-0.1, -0.05) is 31.2 Å². The Morgan fingerprint density at radius 1 is 1.15 bits per heavy atom. The second-order valence-corrected chi connectivity index (χ2v) is 7.38. The predicted octanol–water partition coefficient (Wildman–Crippen LogP) is 4.87. The van der Waals surface area contributed by atoms with E-state index in [1.54, 1.807) is 19.9 Å². The number of aromatic amines is 1. The van der Waals surface area contributed by atoms with Gasteiger partial charge in [0, 0.05) is 11.1 Å². The highest BCUT2D eigenvalue weighted by Gasteiger charge is 2.29. The van der Waals surface area contributed by atoms with Gasteiger partial charge in [-0.3, -0.25) is 4.79 Å². The topological polar surface area (TPSA) is 56.6 Å². The van der Waals surface area contributed by atoms with Crippen LogP contribution in [0.4, 0.5) is 4.39 Å². The van der Waals surface area contributed by atoms with Crippen LogP contribution in [0.15, 0.2) is 41.2 Å². The molecule has 1 atom stereocenters. The van der Waals surface area contributed by atoms with E-state index in [1.165, 1.54) is 0 Å². The van der Waals surface area contributed by atoms with E-state index in [2.05, 4.69) is 11.1 Å².